The second-order valence-electron chi connectivity index (χ2n) is 4.34. The fourth-order valence-electron chi connectivity index (χ4n) is 1.79. The van der Waals surface area contributed by atoms with Crippen LogP contribution < -0.4 is 0 Å². The minimum atomic E-state index is -0.140. The molecule has 0 aliphatic carbocycles. The number of thiazole rings is 1. The molecule has 0 atom stereocenters. The highest BCUT2D eigenvalue weighted by Gasteiger charge is 2.07. The lowest BCUT2D eigenvalue weighted by Gasteiger charge is -1.99. The van der Waals surface area contributed by atoms with E-state index in [9.17, 15) is 9.90 Å². The summed E-state index contributed by atoms with van der Waals surface area (Å²) < 4.78 is 6.59. The summed E-state index contributed by atoms with van der Waals surface area (Å²) in [6.45, 7) is 0. The van der Waals surface area contributed by atoms with Crippen LogP contribution in [0.5, 0.6) is 5.75 Å². The van der Waals surface area contributed by atoms with Crippen molar-refractivity contribution in [1.29, 1.82) is 0 Å². The molecule has 0 aliphatic rings. The second-order valence-corrected chi connectivity index (χ2v) is 6.71. The number of thioether (sulfide) groups is 1. The number of carbonyl (C=O) groups is 1. The predicted octanol–water partition coefficient (Wildman–Crippen LogP) is 3.83. The molecule has 0 amide bonds. The van der Waals surface area contributed by atoms with Crippen molar-refractivity contribution in [3.8, 4) is 5.75 Å². The van der Waals surface area contributed by atoms with Crippen molar-refractivity contribution in [3.05, 3.63) is 18.2 Å². The van der Waals surface area contributed by atoms with Gasteiger partial charge in [0.1, 0.15) is 11.3 Å². The van der Waals surface area contributed by atoms with Crippen molar-refractivity contribution in [2.45, 2.75) is 30.0 Å². The van der Waals surface area contributed by atoms with Crippen molar-refractivity contribution in [1.82, 2.24) is 4.98 Å². The standard InChI is InChI=1S/C14H17NO3S2/c1-18-12(17)8-3-2-4-9-19-14-15-13-10(16)6-5-7-11(13)20-14/h5-7,16H,2-4,8-9H2,1H3. The van der Waals surface area contributed by atoms with Crippen LogP contribution in [0.1, 0.15) is 25.7 Å². The van der Waals surface area contributed by atoms with Crippen LogP contribution in [0.25, 0.3) is 10.2 Å². The molecular weight excluding hydrogens is 294 g/mol. The van der Waals surface area contributed by atoms with E-state index < -0.39 is 0 Å². The summed E-state index contributed by atoms with van der Waals surface area (Å²) in [6, 6.07) is 5.45. The molecular formula is C14H17NO3S2. The van der Waals surface area contributed by atoms with Gasteiger partial charge in [0.15, 0.2) is 4.34 Å². The fraction of sp³-hybridized carbons (Fsp3) is 0.429. The minimum Gasteiger partial charge on any atom is -0.506 e. The van der Waals surface area contributed by atoms with E-state index in [2.05, 4.69) is 9.72 Å². The first-order chi connectivity index (χ1) is 9.70. The predicted molar refractivity (Wildman–Crippen MR) is 82.5 cm³/mol. The van der Waals surface area contributed by atoms with Gasteiger partial charge in [-0.25, -0.2) is 4.98 Å². The number of unbranched alkanes of at least 4 members (excludes halogenated alkanes) is 2. The van der Waals surface area contributed by atoms with Crippen LogP contribution in [0.15, 0.2) is 22.5 Å². The maximum Gasteiger partial charge on any atom is 0.305 e. The summed E-state index contributed by atoms with van der Waals surface area (Å²) in [6.07, 6.45) is 3.42. The molecule has 2 rings (SSSR count). The van der Waals surface area contributed by atoms with E-state index in [0.717, 1.165) is 34.1 Å². The summed E-state index contributed by atoms with van der Waals surface area (Å²) >= 11 is 3.30. The van der Waals surface area contributed by atoms with Gasteiger partial charge in [-0.2, -0.15) is 0 Å². The van der Waals surface area contributed by atoms with Crippen molar-refractivity contribution in [3.63, 3.8) is 0 Å². The lowest BCUT2D eigenvalue weighted by molar-refractivity contribution is -0.140. The van der Waals surface area contributed by atoms with Crippen LogP contribution in [0.4, 0.5) is 0 Å². The summed E-state index contributed by atoms with van der Waals surface area (Å²) in [5.41, 5.74) is 0.686. The third kappa shape index (κ3) is 4.11. The Balaban J connectivity index is 1.73. The Kier molecular flexibility index (Phi) is 5.67. The molecule has 0 saturated heterocycles. The number of nitrogens with zero attached hydrogens (tertiary/aromatic N) is 1. The maximum atomic E-state index is 10.9. The molecule has 0 fully saturated rings. The third-order valence-electron chi connectivity index (χ3n) is 2.86. The average molecular weight is 311 g/mol. The number of methoxy groups -OCH3 is 1. The van der Waals surface area contributed by atoms with Crippen LogP contribution in [0.2, 0.25) is 0 Å². The molecule has 1 N–H and O–H groups in total. The van der Waals surface area contributed by atoms with Gasteiger partial charge in [-0.15, -0.1) is 11.3 Å². The van der Waals surface area contributed by atoms with E-state index in [1.165, 1.54) is 7.11 Å². The Morgan fingerprint density at radius 2 is 2.25 bits per heavy atom. The average Bonchev–Trinajstić information content (AvgIpc) is 2.86. The number of aromatic nitrogens is 1. The van der Waals surface area contributed by atoms with Crippen LogP contribution in [0, 0.1) is 0 Å². The van der Waals surface area contributed by atoms with Crippen LogP contribution >= 0.6 is 23.1 Å². The number of aromatic hydroxyl groups is 1. The van der Waals surface area contributed by atoms with Gasteiger partial charge in [0.05, 0.1) is 11.8 Å². The Morgan fingerprint density at radius 3 is 3.00 bits per heavy atom. The zero-order chi connectivity index (χ0) is 14.4. The van der Waals surface area contributed by atoms with Crippen LogP contribution in [0.3, 0.4) is 0 Å². The lowest BCUT2D eigenvalue weighted by atomic mass is 10.2. The largest absolute Gasteiger partial charge is 0.506 e. The molecule has 0 spiro atoms. The zero-order valence-electron chi connectivity index (χ0n) is 11.3. The van der Waals surface area contributed by atoms with Gasteiger partial charge < -0.3 is 9.84 Å². The number of rotatable bonds is 7. The highest BCUT2D eigenvalue weighted by atomic mass is 32.2. The van der Waals surface area contributed by atoms with E-state index in [1.807, 2.05) is 12.1 Å². The molecule has 0 saturated carbocycles. The van der Waals surface area contributed by atoms with Gasteiger partial charge in [-0.05, 0) is 25.0 Å². The molecule has 1 heterocycles. The Labute approximate surface area is 126 Å². The summed E-state index contributed by atoms with van der Waals surface area (Å²) in [5.74, 6) is 1.07. The minimum absolute atomic E-state index is 0.140. The Morgan fingerprint density at radius 1 is 1.40 bits per heavy atom. The topological polar surface area (TPSA) is 59.4 Å². The summed E-state index contributed by atoms with van der Waals surface area (Å²) in [4.78, 5) is 15.4. The first-order valence-corrected chi connectivity index (χ1v) is 8.29. The lowest BCUT2D eigenvalue weighted by Crippen LogP contribution is -1.99. The van der Waals surface area contributed by atoms with Crippen LogP contribution in [-0.4, -0.2) is 28.9 Å². The first kappa shape index (κ1) is 15.1. The number of ether oxygens (including phenoxy) is 1. The molecule has 0 radical (unpaired) electrons. The highest BCUT2D eigenvalue weighted by molar-refractivity contribution is 8.01. The van der Waals surface area contributed by atoms with E-state index in [-0.39, 0.29) is 11.7 Å². The molecule has 1 aromatic carbocycles. The number of hydrogen-bond acceptors (Lipinski definition) is 6. The molecule has 2 aromatic rings. The molecule has 0 bridgehead atoms. The molecule has 0 aliphatic heterocycles. The van der Waals surface area contributed by atoms with E-state index in [0.29, 0.717) is 11.9 Å². The highest BCUT2D eigenvalue weighted by Crippen LogP contribution is 2.33. The number of fused-ring (bicyclic) bond motifs is 1. The van der Waals surface area contributed by atoms with Crippen molar-refractivity contribution >= 4 is 39.3 Å². The molecule has 6 heteroatoms. The van der Waals surface area contributed by atoms with Gasteiger partial charge in [-0.3, -0.25) is 4.79 Å². The monoisotopic (exact) mass is 311 g/mol. The summed E-state index contributed by atoms with van der Waals surface area (Å²) in [7, 11) is 1.42. The maximum absolute atomic E-state index is 10.9. The van der Waals surface area contributed by atoms with E-state index in [1.54, 1.807) is 29.2 Å². The van der Waals surface area contributed by atoms with Gasteiger partial charge in [0.25, 0.3) is 0 Å². The number of para-hydroxylation sites is 1. The second kappa shape index (κ2) is 7.50. The van der Waals surface area contributed by atoms with Crippen molar-refractivity contribution < 1.29 is 14.6 Å². The Bertz CT molecular complexity index is 583. The van der Waals surface area contributed by atoms with Gasteiger partial charge in [0, 0.05) is 12.2 Å². The number of phenolic OH excluding ortho intramolecular Hbond substituents is 1. The number of esters is 1. The van der Waals surface area contributed by atoms with E-state index in [4.69, 9.17) is 0 Å². The first-order valence-electron chi connectivity index (χ1n) is 6.49. The van der Waals surface area contributed by atoms with E-state index >= 15 is 0 Å². The fourth-order valence-corrected chi connectivity index (χ4v) is 3.94. The van der Waals surface area contributed by atoms with Gasteiger partial charge >= 0.3 is 5.97 Å². The molecule has 4 nitrogen and oxygen atoms in total. The SMILES string of the molecule is COC(=O)CCCCCSc1nc2c(O)cccc2s1. The van der Waals surface area contributed by atoms with Crippen LogP contribution in [-0.2, 0) is 9.53 Å². The Hall–Kier alpha value is -1.27. The van der Waals surface area contributed by atoms with Crippen molar-refractivity contribution in [2.24, 2.45) is 0 Å². The van der Waals surface area contributed by atoms with Crippen molar-refractivity contribution in [2.75, 3.05) is 12.9 Å². The number of carbonyl (C=O) groups excluding carboxylic acids is 1. The third-order valence-corrected chi connectivity index (χ3v) is 5.11. The smallest absolute Gasteiger partial charge is 0.305 e. The van der Waals surface area contributed by atoms with Gasteiger partial charge in [0.2, 0.25) is 0 Å². The van der Waals surface area contributed by atoms with Gasteiger partial charge in [-0.1, -0.05) is 24.2 Å². The summed E-state index contributed by atoms with van der Waals surface area (Å²) in [5, 5.41) is 9.69. The number of hydrogen-bond donors (Lipinski definition) is 1. The quantitative estimate of drug-likeness (QED) is 0.478. The molecule has 1 aromatic heterocycles. The molecule has 0 unspecified atom stereocenters. The molecule has 20 heavy (non-hydrogen) atoms. The number of phenols is 1. The zero-order valence-corrected chi connectivity index (χ0v) is 12.9. The number of benzene rings is 1. The normalized spacial score (nSPS) is 10.8. The molecule has 108 valence electrons.